The molecular formula is C18H11Cl3N4O2. The van der Waals surface area contributed by atoms with Crippen LogP contribution in [0.5, 0.6) is 0 Å². The summed E-state index contributed by atoms with van der Waals surface area (Å²) >= 11 is 18.5. The van der Waals surface area contributed by atoms with E-state index in [-0.39, 0.29) is 16.7 Å². The average molecular weight is 422 g/mol. The van der Waals surface area contributed by atoms with E-state index < -0.39 is 11.9 Å². The van der Waals surface area contributed by atoms with Crippen LogP contribution in [0.4, 0.5) is 0 Å². The number of hydrogen-bond donors (Lipinski definition) is 1. The Balaban J connectivity index is 1.86. The Labute approximate surface area is 168 Å². The van der Waals surface area contributed by atoms with Crippen molar-refractivity contribution in [1.29, 1.82) is 0 Å². The van der Waals surface area contributed by atoms with Gasteiger partial charge in [0.2, 0.25) is 0 Å². The third-order valence-corrected chi connectivity index (χ3v) is 4.85. The zero-order valence-corrected chi connectivity index (χ0v) is 15.9. The SMILES string of the molecule is O=C1N=c2ccccc2=NC1c1cc(CO)n(-c2c(Cl)cc(Cl)cc2Cl)n1. The van der Waals surface area contributed by atoms with Crippen molar-refractivity contribution in [3.05, 3.63) is 79.6 Å². The summed E-state index contributed by atoms with van der Waals surface area (Å²) < 4.78 is 1.39. The van der Waals surface area contributed by atoms with Crippen LogP contribution in [-0.4, -0.2) is 20.8 Å². The molecule has 1 N–H and O–H groups in total. The largest absolute Gasteiger partial charge is 0.390 e. The summed E-state index contributed by atoms with van der Waals surface area (Å²) in [7, 11) is 0. The summed E-state index contributed by atoms with van der Waals surface area (Å²) in [6.45, 7) is -0.336. The number of benzene rings is 2. The van der Waals surface area contributed by atoms with Crippen molar-refractivity contribution >= 4 is 40.7 Å². The van der Waals surface area contributed by atoms with E-state index in [2.05, 4.69) is 15.1 Å². The smallest absolute Gasteiger partial charge is 0.277 e. The molecule has 0 fully saturated rings. The number of aliphatic hydroxyl groups excluding tert-OH is 1. The molecule has 27 heavy (non-hydrogen) atoms. The number of carbonyl (C=O) groups excluding carboxylic acids is 1. The van der Waals surface area contributed by atoms with Crippen molar-refractivity contribution < 1.29 is 9.90 Å². The molecule has 0 spiro atoms. The van der Waals surface area contributed by atoms with E-state index >= 15 is 0 Å². The number of nitrogens with zero attached hydrogens (tertiary/aromatic N) is 4. The first-order valence-corrected chi connectivity index (χ1v) is 9.01. The Bertz CT molecular complexity index is 1170. The molecule has 6 nitrogen and oxygen atoms in total. The van der Waals surface area contributed by atoms with Crippen LogP contribution in [0.25, 0.3) is 5.69 Å². The maximum Gasteiger partial charge on any atom is 0.277 e. The monoisotopic (exact) mass is 420 g/mol. The third kappa shape index (κ3) is 3.26. The van der Waals surface area contributed by atoms with Crippen molar-refractivity contribution in [1.82, 2.24) is 9.78 Å². The topological polar surface area (TPSA) is 79.8 Å². The molecule has 0 radical (unpaired) electrons. The molecule has 3 aromatic rings. The Morgan fingerprint density at radius 3 is 2.37 bits per heavy atom. The van der Waals surface area contributed by atoms with Crippen molar-refractivity contribution in [2.45, 2.75) is 12.6 Å². The summed E-state index contributed by atoms with van der Waals surface area (Å²) in [4.78, 5) is 21.0. The highest BCUT2D eigenvalue weighted by molar-refractivity contribution is 6.40. The number of halogens is 3. The first-order chi connectivity index (χ1) is 13.0. The highest BCUT2D eigenvalue weighted by Crippen LogP contribution is 2.33. The number of hydrogen-bond acceptors (Lipinski definition) is 4. The Morgan fingerprint density at radius 2 is 1.70 bits per heavy atom. The van der Waals surface area contributed by atoms with Gasteiger partial charge in [-0.3, -0.25) is 9.79 Å². The molecule has 0 saturated heterocycles. The number of aromatic nitrogens is 2. The van der Waals surface area contributed by atoms with Crippen LogP contribution in [0.15, 0.2) is 52.4 Å². The van der Waals surface area contributed by atoms with Gasteiger partial charge >= 0.3 is 0 Å². The van der Waals surface area contributed by atoms with Gasteiger partial charge in [-0.1, -0.05) is 46.9 Å². The van der Waals surface area contributed by atoms with Gasteiger partial charge in [-0.15, -0.1) is 0 Å². The average Bonchev–Trinajstić information content (AvgIpc) is 3.04. The normalized spacial score (nSPS) is 15.9. The van der Waals surface area contributed by atoms with Gasteiger partial charge in [0.25, 0.3) is 5.91 Å². The summed E-state index contributed by atoms with van der Waals surface area (Å²) in [5, 5.41) is 16.2. The van der Waals surface area contributed by atoms with E-state index in [1.54, 1.807) is 24.3 Å². The molecule has 1 aliphatic heterocycles. The second-order valence-corrected chi connectivity index (χ2v) is 7.07. The van der Waals surface area contributed by atoms with Crippen LogP contribution in [-0.2, 0) is 11.4 Å². The molecule has 2 aromatic carbocycles. The van der Waals surface area contributed by atoms with Gasteiger partial charge in [-0.2, -0.15) is 5.10 Å². The molecule has 0 bridgehead atoms. The van der Waals surface area contributed by atoms with Gasteiger partial charge in [-0.25, -0.2) is 9.67 Å². The van der Waals surface area contributed by atoms with Crippen molar-refractivity contribution in [3.63, 3.8) is 0 Å². The predicted molar refractivity (Wildman–Crippen MR) is 101 cm³/mol. The maximum atomic E-state index is 12.4. The second-order valence-electron chi connectivity index (χ2n) is 5.82. The minimum atomic E-state index is -0.906. The Hall–Kier alpha value is -2.25. The van der Waals surface area contributed by atoms with E-state index in [1.807, 2.05) is 6.07 Å². The lowest BCUT2D eigenvalue weighted by molar-refractivity contribution is -0.119. The molecular weight excluding hydrogens is 411 g/mol. The van der Waals surface area contributed by atoms with E-state index in [9.17, 15) is 9.90 Å². The number of aliphatic hydroxyl groups is 1. The van der Waals surface area contributed by atoms with E-state index in [0.29, 0.717) is 32.8 Å². The molecule has 0 aliphatic carbocycles. The van der Waals surface area contributed by atoms with Gasteiger partial charge in [0.05, 0.1) is 38.8 Å². The Kier molecular flexibility index (Phi) is 4.74. The standard InChI is InChI=1S/C18H11Cl3N4O2/c19-9-5-11(20)17(12(21)6-9)25-10(8-26)7-15(24-25)16-18(27)23-14-4-2-1-3-13(14)22-16/h1-7,16,26H,8H2. The van der Waals surface area contributed by atoms with Crippen LogP contribution < -0.4 is 10.7 Å². The number of rotatable bonds is 3. The number of amides is 1. The molecule has 136 valence electrons. The number of carbonyl (C=O) groups is 1. The summed E-state index contributed by atoms with van der Waals surface area (Å²) in [5.74, 6) is -0.434. The lowest BCUT2D eigenvalue weighted by atomic mass is 10.1. The first kappa shape index (κ1) is 18.1. The zero-order valence-electron chi connectivity index (χ0n) is 13.6. The molecule has 0 saturated carbocycles. The zero-order chi connectivity index (χ0) is 19.1. The van der Waals surface area contributed by atoms with Gasteiger partial charge in [0.1, 0.15) is 5.69 Å². The van der Waals surface area contributed by atoms with Crippen molar-refractivity contribution in [3.8, 4) is 5.69 Å². The lowest BCUT2D eigenvalue weighted by Crippen LogP contribution is -2.33. The van der Waals surface area contributed by atoms with E-state index in [1.165, 1.54) is 16.8 Å². The fourth-order valence-electron chi connectivity index (χ4n) is 2.85. The molecule has 1 amide bonds. The lowest BCUT2D eigenvalue weighted by Gasteiger charge is -2.11. The van der Waals surface area contributed by atoms with Crippen LogP contribution in [0.2, 0.25) is 15.1 Å². The number of fused-ring (bicyclic) bond motifs is 1. The maximum absolute atomic E-state index is 12.4. The minimum Gasteiger partial charge on any atom is -0.390 e. The molecule has 1 atom stereocenters. The molecule has 1 unspecified atom stereocenters. The van der Waals surface area contributed by atoms with Crippen molar-refractivity contribution in [2.24, 2.45) is 9.98 Å². The molecule has 1 aromatic heterocycles. The van der Waals surface area contributed by atoms with Crippen LogP contribution >= 0.6 is 34.8 Å². The van der Waals surface area contributed by atoms with Gasteiger partial charge < -0.3 is 5.11 Å². The Morgan fingerprint density at radius 1 is 1.04 bits per heavy atom. The first-order valence-electron chi connectivity index (χ1n) is 7.88. The van der Waals surface area contributed by atoms with Gasteiger partial charge in [-0.05, 0) is 30.3 Å². The molecule has 2 heterocycles. The van der Waals surface area contributed by atoms with E-state index in [4.69, 9.17) is 34.8 Å². The van der Waals surface area contributed by atoms with Gasteiger partial charge in [0.15, 0.2) is 6.04 Å². The van der Waals surface area contributed by atoms with Crippen LogP contribution in [0, 0.1) is 0 Å². The van der Waals surface area contributed by atoms with Gasteiger partial charge in [0, 0.05) is 5.02 Å². The highest BCUT2D eigenvalue weighted by atomic mass is 35.5. The second kappa shape index (κ2) is 7.05. The van der Waals surface area contributed by atoms with Crippen LogP contribution in [0.3, 0.4) is 0 Å². The quantitative estimate of drug-likeness (QED) is 0.706. The fraction of sp³-hybridized carbons (Fsp3) is 0.111. The molecule has 4 rings (SSSR count). The number of para-hydroxylation sites is 2. The summed E-state index contributed by atoms with van der Waals surface area (Å²) in [6.07, 6.45) is 0. The summed E-state index contributed by atoms with van der Waals surface area (Å²) in [5.41, 5.74) is 1.10. The summed E-state index contributed by atoms with van der Waals surface area (Å²) in [6, 6.07) is 10.8. The predicted octanol–water partition coefficient (Wildman–Crippen LogP) is 2.85. The van der Waals surface area contributed by atoms with Crippen LogP contribution in [0.1, 0.15) is 17.4 Å². The van der Waals surface area contributed by atoms with E-state index in [0.717, 1.165) is 0 Å². The third-order valence-electron chi connectivity index (χ3n) is 4.05. The molecule has 9 heteroatoms. The minimum absolute atomic E-state index is 0.263. The fourth-order valence-corrected chi connectivity index (χ4v) is 3.83. The molecule has 1 aliphatic rings. The van der Waals surface area contributed by atoms with Crippen molar-refractivity contribution in [2.75, 3.05) is 0 Å². The highest BCUT2D eigenvalue weighted by Gasteiger charge is 2.27.